The first kappa shape index (κ1) is 14.8. The minimum atomic E-state index is -1.28. The number of rotatable bonds is 1. The van der Waals surface area contributed by atoms with Crippen molar-refractivity contribution in [2.75, 3.05) is 7.11 Å². The van der Waals surface area contributed by atoms with Crippen LogP contribution in [-0.4, -0.2) is 42.7 Å². The molecule has 0 aromatic rings. The number of cyclic esters (lactones) is 1. The highest BCUT2D eigenvalue weighted by atomic mass is 16.7. The van der Waals surface area contributed by atoms with Crippen molar-refractivity contribution < 1.29 is 28.9 Å². The van der Waals surface area contributed by atoms with Gasteiger partial charge in [-0.1, -0.05) is 20.8 Å². The smallest absolute Gasteiger partial charge is 0.338 e. The van der Waals surface area contributed by atoms with Crippen molar-refractivity contribution in [3.05, 3.63) is 0 Å². The van der Waals surface area contributed by atoms with Gasteiger partial charge in [-0.15, -0.1) is 0 Å². The number of carbonyl (C=O) groups excluding carboxylic acids is 2. The molecule has 3 aliphatic rings. The molecule has 3 rings (SSSR count). The lowest BCUT2D eigenvalue weighted by Gasteiger charge is -2.44. The first-order valence-corrected chi connectivity index (χ1v) is 7.33. The Morgan fingerprint density at radius 3 is 2.52 bits per heavy atom. The summed E-state index contributed by atoms with van der Waals surface area (Å²) < 4.78 is 16.0. The molecule has 6 nitrogen and oxygen atoms in total. The van der Waals surface area contributed by atoms with Crippen LogP contribution in [0.1, 0.15) is 33.6 Å². The van der Waals surface area contributed by atoms with E-state index in [9.17, 15) is 14.7 Å². The summed E-state index contributed by atoms with van der Waals surface area (Å²) in [5.41, 5.74) is -1.09. The topological polar surface area (TPSA) is 82.1 Å². The van der Waals surface area contributed by atoms with Crippen molar-refractivity contribution in [3.63, 3.8) is 0 Å². The molecule has 0 amide bonds. The van der Waals surface area contributed by atoms with E-state index < -0.39 is 23.8 Å². The van der Waals surface area contributed by atoms with Gasteiger partial charge >= 0.3 is 11.9 Å². The molecule has 1 spiro atoms. The molecule has 0 radical (unpaired) electrons. The van der Waals surface area contributed by atoms with E-state index in [2.05, 4.69) is 20.8 Å². The van der Waals surface area contributed by atoms with Crippen LogP contribution >= 0.6 is 0 Å². The normalized spacial score (nSPS) is 45.9. The third-order valence-electron chi connectivity index (χ3n) is 5.42. The van der Waals surface area contributed by atoms with Crippen LogP contribution in [0.2, 0.25) is 0 Å². The monoisotopic (exact) mass is 298 g/mol. The van der Waals surface area contributed by atoms with Crippen molar-refractivity contribution in [2.24, 2.45) is 22.7 Å². The Morgan fingerprint density at radius 1 is 1.29 bits per heavy atom. The Morgan fingerprint density at radius 2 is 1.95 bits per heavy atom. The number of aliphatic hydroxyl groups is 1. The SMILES string of the molecule is COC1OC(=O)C(O)[C@]12C1CC(=O)OC1C[C@H]2C(C)(C)C. The molecule has 4 unspecified atom stereocenters. The van der Waals surface area contributed by atoms with Crippen LogP contribution in [0.25, 0.3) is 0 Å². The van der Waals surface area contributed by atoms with E-state index in [4.69, 9.17) is 14.2 Å². The molecule has 0 aromatic heterocycles. The number of ether oxygens (including phenoxy) is 3. The zero-order chi connectivity index (χ0) is 15.6. The van der Waals surface area contributed by atoms with Crippen molar-refractivity contribution in [1.29, 1.82) is 0 Å². The number of hydrogen-bond donors (Lipinski definition) is 1. The van der Waals surface area contributed by atoms with Crippen molar-refractivity contribution in [2.45, 2.75) is 52.1 Å². The summed E-state index contributed by atoms with van der Waals surface area (Å²) in [6, 6.07) is 0. The maximum Gasteiger partial charge on any atom is 0.338 e. The predicted molar refractivity (Wildman–Crippen MR) is 70.9 cm³/mol. The van der Waals surface area contributed by atoms with Gasteiger partial charge in [-0.05, 0) is 17.8 Å². The lowest BCUT2D eigenvalue weighted by molar-refractivity contribution is -0.190. The largest absolute Gasteiger partial charge is 0.462 e. The minimum Gasteiger partial charge on any atom is -0.462 e. The van der Waals surface area contributed by atoms with Gasteiger partial charge in [0.1, 0.15) is 6.10 Å². The van der Waals surface area contributed by atoms with Gasteiger partial charge in [0.05, 0.1) is 11.8 Å². The fourth-order valence-electron chi connectivity index (χ4n) is 4.71. The average Bonchev–Trinajstić information content (AvgIpc) is 2.96. The molecular weight excluding hydrogens is 276 g/mol. The van der Waals surface area contributed by atoms with Crippen LogP contribution in [0, 0.1) is 22.7 Å². The Kier molecular flexibility index (Phi) is 3.12. The molecule has 6 atom stereocenters. The van der Waals surface area contributed by atoms with Crippen LogP contribution in [0.4, 0.5) is 0 Å². The van der Waals surface area contributed by atoms with E-state index in [1.165, 1.54) is 7.11 Å². The Labute approximate surface area is 123 Å². The van der Waals surface area contributed by atoms with Crippen molar-refractivity contribution in [1.82, 2.24) is 0 Å². The van der Waals surface area contributed by atoms with Gasteiger partial charge in [-0.25, -0.2) is 4.79 Å². The summed E-state index contributed by atoms with van der Waals surface area (Å²) >= 11 is 0. The predicted octanol–water partition coefficient (Wildman–Crippen LogP) is 0.861. The number of carbonyl (C=O) groups is 2. The van der Waals surface area contributed by atoms with Gasteiger partial charge in [0, 0.05) is 13.0 Å². The second-order valence-electron chi connectivity index (χ2n) is 7.40. The van der Waals surface area contributed by atoms with Gasteiger partial charge < -0.3 is 19.3 Å². The second-order valence-corrected chi connectivity index (χ2v) is 7.40. The summed E-state index contributed by atoms with van der Waals surface area (Å²) in [7, 11) is 1.46. The number of fused-ring (bicyclic) bond motifs is 2. The molecule has 0 bridgehead atoms. The van der Waals surface area contributed by atoms with E-state index in [0.29, 0.717) is 6.42 Å². The molecular formula is C15H22O6. The van der Waals surface area contributed by atoms with E-state index in [1.807, 2.05) is 0 Å². The Hall–Kier alpha value is -1.14. The molecule has 2 heterocycles. The molecule has 3 fully saturated rings. The minimum absolute atomic E-state index is 0.0421. The Balaban J connectivity index is 2.12. The van der Waals surface area contributed by atoms with E-state index in [1.54, 1.807) is 0 Å². The van der Waals surface area contributed by atoms with Gasteiger partial charge in [0.25, 0.3) is 0 Å². The standard InChI is InChI=1S/C15H22O6/c1-14(2,3)9-6-8-7(5-10(16)20-8)15(9)11(17)12(18)21-13(15)19-4/h7-9,11,13,17H,5-6H2,1-4H3/t7?,8?,9-,11?,13?,15+/m0/s1. The summed E-state index contributed by atoms with van der Waals surface area (Å²) in [4.78, 5) is 23.6. The summed E-state index contributed by atoms with van der Waals surface area (Å²) in [5.74, 6) is -1.24. The lowest BCUT2D eigenvalue weighted by atomic mass is 9.60. The average molecular weight is 298 g/mol. The third-order valence-corrected chi connectivity index (χ3v) is 5.42. The van der Waals surface area contributed by atoms with Gasteiger partial charge in [-0.2, -0.15) is 0 Å². The molecule has 1 saturated carbocycles. The molecule has 1 aliphatic carbocycles. The zero-order valence-electron chi connectivity index (χ0n) is 12.8. The van der Waals surface area contributed by atoms with Crippen LogP contribution in [0.5, 0.6) is 0 Å². The van der Waals surface area contributed by atoms with E-state index in [0.717, 1.165) is 0 Å². The fourth-order valence-corrected chi connectivity index (χ4v) is 4.71. The number of aliphatic hydroxyl groups excluding tert-OH is 1. The van der Waals surface area contributed by atoms with Crippen molar-refractivity contribution >= 4 is 11.9 Å². The lowest BCUT2D eigenvalue weighted by Crippen LogP contribution is -2.52. The fraction of sp³-hybridized carbons (Fsp3) is 0.867. The summed E-state index contributed by atoms with van der Waals surface area (Å²) in [6.45, 7) is 6.18. The van der Waals surface area contributed by atoms with Crippen LogP contribution < -0.4 is 0 Å². The van der Waals surface area contributed by atoms with Crippen LogP contribution in [0.3, 0.4) is 0 Å². The van der Waals surface area contributed by atoms with Crippen LogP contribution in [-0.2, 0) is 23.8 Å². The maximum absolute atomic E-state index is 12.0. The van der Waals surface area contributed by atoms with Crippen molar-refractivity contribution in [3.8, 4) is 0 Å². The van der Waals surface area contributed by atoms with E-state index >= 15 is 0 Å². The van der Waals surface area contributed by atoms with Gasteiger partial charge in [0.15, 0.2) is 6.10 Å². The highest BCUT2D eigenvalue weighted by molar-refractivity contribution is 5.80. The first-order chi connectivity index (χ1) is 9.72. The molecule has 21 heavy (non-hydrogen) atoms. The summed E-state index contributed by atoms with van der Waals surface area (Å²) in [6.07, 6.45) is -1.58. The van der Waals surface area contributed by atoms with Gasteiger partial charge in [-0.3, -0.25) is 4.79 Å². The molecule has 2 saturated heterocycles. The summed E-state index contributed by atoms with van der Waals surface area (Å²) in [5, 5.41) is 10.6. The van der Waals surface area contributed by atoms with E-state index in [-0.39, 0.29) is 35.7 Å². The quantitative estimate of drug-likeness (QED) is 0.723. The third kappa shape index (κ3) is 1.78. The molecule has 0 aromatic carbocycles. The number of methoxy groups -OCH3 is 1. The molecule has 2 aliphatic heterocycles. The zero-order valence-corrected chi connectivity index (χ0v) is 12.8. The first-order valence-electron chi connectivity index (χ1n) is 7.33. The van der Waals surface area contributed by atoms with Gasteiger partial charge in [0.2, 0.25) is 6.29 Å². The number of hydrogen-bond acceptors (Lipinski definition) is 6. The highest BCUT2D eigenvalue weighted by Crippen LogP contribution is 2.64. The molecule has 1 N–H and O–H groups in total. The highest BCUT2D eigenvalue weighted by Gasteiger charge is 2.74. The molecule has 6 heteroatoms. The molecule has 118 valence electrons. The Bertz CT molecular complexity index is 481. The maximum atomic E-state index is 12.0. The number of esters is 2. The second kappa shape index (κ2) is 4.43. The van der Waals surface area contributed by atoms with Crippen LogP contribution in [0.15, 0.2) is 0 Å².